The van der Waals surface area contributed by atoms with Crippen molar-refractivity contribution in [1.82, 2.24) is 4.90 Å². The monoisotopic (exact) mass is 451 g/mol. The molecule has 0 amide bonds. The lowest BCUT2D eigenvalue weighted by Gasteiger charge is -2.35. The molecule has 1 heterocycles. The standard InChI is InChI=1S/C24H33NO5.ClH/c1-24(2,9-8-17-6-7-20(30-11-10-26)21(12-17)27-3)25-15-18-13-22(28-4)23(29-5)14-19(18)16-25;/h6-7,12-14,26H,8-11,15-16H2,1-5H3;1H. The Morgan fingerprint density at radius 1 is 0.871 bits per heavy atom. The Hall–Kier alpha value is -2.15. The maximum Gasteiger partial charge on any atom is 0.161 e. The maximum absolute atomic E-state index is 8.96. The fraction of sp³-hybridized carbons (Fsp3) is 0.500. The van der Waals surface area contributed by atoms with Crippen LogP contribution in [0.5, 0.6) is 23.0 Å². The Morgan fingerprint density at radius 2 is 1.42 bits per heavy atom. The van der Waals surface area contributed by atoms with Gasteiger partial charge in [0.05, 0.1) is 27.9 Å². The van der Waals surface area contributed by atoms with Crippen molar-refractivity contribution < 1.29 is 24.1 Å². The first-order valence-corrected chi connectivity index (χ1v) is 10.3. The van der Waals surface area contributed by atoms with E-state index in [1.807, 2.05) is 12.1 Å². The van der Waals surface area contributed by atoms with Crippen LogP contribution in [0, 0.1) is 0 Å². The van der Waals surface area contributed by atoms with Crippen LogP contribution in [0.15, 0.2) is 30.3 Å². The summed E-state index contributed by atoms with van der Waals surface area (Å²) in [5.74, 6) is 2.93. The first-order chi connectivity index (χ1) is 14.4. The van der Waals surface area contributed by atoms with Crippen molar-refractivity contribution in [2.45, 2.75) is 45.3 Å². The molecule has 0 bridgehead atoms. The molecule has 0 fully saturated rings. The Labute approximate surface area is 191 Å². The summed E-state index contributed by atoms with van der Waals surface area (Å²) in [6.07, 6.45) is 1.94. The van der Waals surface area contributed by atoms with Gasteiger partial charge in [0, 0.05) is 18.6 Å². The lowest BCUT2D eigenvalue weighted by atomic mass is 9.93. The van der Waals surface area contributed by atoms with Gasteiger partial charge in [0.15, 0.2) is 23.0 Å². The molecule has 0 saturated carbocycles. The fourth-order valence-corrected chi connectivity index (χ4v) is 3.90. The first kappa shape index (κ1) is 25.1. The molecular formula is C24H34ClNO5. The van der Waals surface area contributed by atoms with E-state index >= 15 is 0 Å². The number of ether oxygens (including phenoxy) is 4. The molecule has 0 spiro atoms. The summed E-state index contributed by atoms with van der Waals surface area (Å²) in [6.45, 7) is 6.63. The number of nitrogens with zero attached hydrogens (tertiary/aromatic N) is 1. The number of benzene rings is 2. The third-order valence-corrected chi connectivity index (χ3v) is 5.89. The molecule has 1 aliphatic heterocycles. The predicted octanol–water partition coefficient (Wildman–Crippen LogP) is 4.23. The number of aliphatic hydroxyl groups is 1. The summed E-state index contributed by atoms with van der Waals surface area (Å²) in [5.41, 5.74) is 3.83. The number of fused-ring (bicyclic) bond motifs is 1. The molecule has 0 saturated heterocycles. The topological polar surface area (TPSA) is 60.4 Å². The number of aliphatic hydroxyl groups excluding tert-OH is 1. The molecule has 0 radical (unpaired) electrons. The van der Waals surface area contributed by atoms with E-state index in [1.54, 1.807) is 21.3 Å². The number of aryl methyl sites for hydroxylation is 1. The SMILES string of the molecule is COc1cc2c(cc1OC)CN(C(C)(C)CCc1ccc(OCCO)c(OC)c1)C2.Cl. The van der Waals surface area contributed by atoms with Crippen LogP contribution in [0.2, 0.25) is 0 Å². The van der Waals surface area contributed by atoms with Crippen LogP contribution in [-0.2, 0) is 19.5 Å². The highest BCUT2D eigenvalue weighted by Crippen LogP contribution is 2.38. The highest BCUT2D eigenvalue weighted by Gasteiger charge is 2.32. The number of halogens is 1. The molecule has 0 unspecified atom stereocenters. The van der Waals surface area contributed by atoms with Crippen LogP contribution in [0.4, 0.5) is 0 Å². The van der Waals surface area contributed by atoms with E-state index in [9.17, 15) is 0 Å². The van der Waals surface area contributed by atoms with Gasteiger partial charge in [-0.3, -0.25) is 4.90 Å². The third-order valence-electron chi connectivity index (χ3n) is 5.89. The molecule has 1 N–H and O–H groups in total. The second-order valence-corrected chi connectivity index (χ2v) is 8.20. The fourth-order valence-electron chi connectivity index (χ4n) is 3.90. The van der Waals surface area contributed by atoms with Gasteiger partial charge in [-0.05, 0) is 67.6 Å². The van der Waals surface area contributed by atoms with E-state index in [1.165, 1.54) is 16.7 Å². The zero-order valence-electron chi connectivity index (χ0n) is 19.1. The summed E-state index contributed by atoms with van der Waals surface area (Å²) >= 11 is 0. The molecule has 0 aliphatic carbocycles. The summed E-state index contributed by atoms with van der Waals surface area (Å²) in [4.78, 5) is 2.51. The number of rotatable bonds is 10. The maximum atomic E-state index is 8.96. The molecule has 31 heavy (non-hydrogen) atoms. The van der Waals surface area contributed by atoms with Crippen LogP contribution in [0.3, 0.4) is 0 Å². The minimum atomic E-state index is -0.0188. The molecule has 2 aromatic carbocycles. The minimum absolute atomic E-state index is 0. The molecule has 2 aromatic rings. The van der Waals surface area contributed by atoms with Crippen LogP contribution in [0.25, 0.3) is 0 Å². The van der Waals surface area contributed by atoms with Crippen molar-refractivity contribution >= 4 is 12.4 Å². The predicted molar refractivity (Wildman–Crippen MR) is 124 cm³/mol. The molecule has 0 aromatic heterocycles. The molecule has 0 atom stereocenters. The lowest BCUT2D eigenvalue weighted by molar-refractivity contribution is 0.109. The minimum Gasteiger partial charge on any atom is -0.493 e. The van der Waals surface area contributed by atoms with E-state index in [2.05, 4.69) is 36.9 Å². The van der Waals surface area contributed by atoms with Crippen molar-refractivity contribution in [2.24, 2.45) is 0 Å². The average Bonchev–Trinajstić information content (AvgIpc) is 3.19. The average molecular weight is 452 g/mol. The van der Waals surface area contributed by atoms with Crippen molar-refractivity contribution in [3.8, 4) is 23.0 Å². The summed E-state index contributed by atoms with van der Waals surface area (Å²) in [7, 11) is 4.99. The zero-order chi connectivity index (χ0) is 21.7. The Balaban J connectivity index is 0.00000341. The molecule has 3 rings (SSSR count). The molecule has 172 valence electrons. The van der Waals surface area contributed by atoms with E-state index in [0.717, 1.165) is 37.4 Å². The van der Waals surface area contributed by atoms with E-state index < -0.39 is 0 Å². The van der Waals surface area contributed by atoms with Gasteiger partial charge in [-0.25, -0.2) is 0 Å². The molecular weight excluding hydrogens is 418 g/mol. The van der Waals surface area contributed by atoms with E-state index in [-0.39, 0.29) is 31.2 Å². The van der Waals surface area contributed by atoms with Gasteiger partial charge >= 0.3 is 0 Å². The summed E-state index contributed by atoms with van der Waals surface area (Å²) < 4.78 is 21.9. The second-order valence-electron chi connectivity index (χ2n) is 8.20. The Morgan fingerprint density at radius 3 is 1.94 bits per heavy atom. The molecule has 1 aliphatic rings. The molecule has 7 heteroatoms. The van der Waals surface area contributed by atoms with E-state index in [0.29, 0.717) is 11.5 Å². The highest BCUT2D eigenvalue weighted by molar-refractivity contribution is 5.85. The van der Waals surface area contributed by atoms with Crippen molar-refractivity contribution in [3.05, 3.63) is 47.0 Å². The Kier molecular flexibility index (Phi) is 8.86. The third kappa shape index (κ3) is 5.76. The summed E-state index contributed by atoms with van der Waals surface area (Å²) in [6, 6.07) is 10.2. The first-order valence-electron chi connectivity index (χ1n) is 10.3. The van der Waals surface area contributed by atoms with Crippen molar-refractivity contribution in [2.75, 3.05) is 34.5 Å². The quantitative estimate of drug-likeness (QED) is 0.583. The van der Waals surface area contributed by atoms with Gasteiger partial charge in [-0.2, -0.15) is 0 Å². The highest BCUT2D eigenvalue weighted by atomic mass is 35.5. The molecule has 6 nitrogen and oxygen atoms in total. The van der Waals surface area contributed by atoms with Gasteiger partial charge in [-0.1, -0.05) is 6.07 Å². The van der Waals surface area contributed by atoms with Gasteiger partial charge in [0.1, 0.15) is 6.61 Å². The van der Waals surface area contributed by atoms with Crippen LogP contribution < -0.4 is 18.9 Å². The number of methoxy groups -OCH3 is 3. The van der Waals surface area contributed by atoms with Crippen LogP contribution in [0.1, 0.15) is 37.0 Å². The van der Waals surface area contributed by atoms with Crippen molar-refractivity contribution in [3.63, 3.8) is 0 Å². The second kappa shape index (κ2) is 10.9. The van der Waals surface area contributed by atoms with Crippen LogP contribution in [-0.4, -0.2) is 50.1 Å². The summed E-state index contributed by atoms with van der Waals surface area (Å²) in [5, 5.41) is 8.96. The normalized spacial score (nSPS) is 13.4. The van der Waals surface area contributed by atoms with Gasteiger partial charge < -0.3 is 24.1 Å². The van der Waals surface area contributed by atoms with Gasteiger partial charge in [0.2, 0.25) is 0 Å². The lowest BCUT2D eigenvalue weighted by Crippen LogP contribution is -2.40. The van der Waals surface area contributed by atoms with Crippen LogP contribution >= 0.6 is 12.4 Å². The smallest absolute Gasteiger partial charge is 0.161 e. The number of hydrogen-bond acceptors (Lipinski definition) is 6. The zero-order valence-corrected chi connectivity index (χ0v) is 19.9. The largest absolute Gasteiger partial charge is 0.493 e. The Bertz CT molecular complexity index is 838. The van der Waals surface area contributed by atoms with E-state index in [4.69, 9.17) is 24.1 Å². The van der Waals surface area contributed by atoms with Gasteiger partial charge in [-0.15, -0.1) is 12.4 Å². The number of hydrogen-bond donors (Lipinski definition) is 1. The van der Waals surface area contributed by atoms with Crippen molar-refractivity contribution in [1.29, 1.82) is 0 Å². The van der Waals surface area contributed by atoms with Gasteiger partial charge in [0.25, 0.3) is 0 Å².